The van der Waals surface area contributed by atoms with Crippen LogP contribution in [-0.2, 0) is 0 Å². The molecule has 1 aliphatic heterocycles. The molecule has 0 radical (unpaired) electrons. The number of nitrogens with zero attached hydrogens (tertiary/aromatic N) is 4. The third kappa shape index (κ3) is 8.65. The summed E-state index contributed by atoms with van der Waals surface area (Å²) in [5, 5.41) is 10.1. The SMILES string of the molecule is CNC1=C(NCCCN2CCN(c3ccccn3)CC2)C(=O)c2ccc(NC(CCCN(C)C)Sc3ccccc3)cc2C1=O. The second-order valence-corrected chi connectivity index (χ2v) is 13.0. The van der Waals surface area contributed by atoms with Gasteiger partial charge in [-0.2, -0.15) is 0 Å². The van der Waals surface area contributed by atoms with Crippen LogP contribution in [0.15, 0.2) is 89.2 Å². The van der Waals surface area contributed by atoms with E-state index in [0.29, 0.717) is 29.1 Å². The van der Waals surface area contributed by atoms with Gasteiger partial charge >= 0.3 is 0 Å². The highest BCUT2D eigenvalue weighted by atomic mass is 32.2. The van der Waals surface area contributed by atoms with Gasteiger partial charge in [0, 0.05) is 67.7 Å². The molecule has 1 aromatic heterocycles. The molecule has 0 saturated carbocycles. The number of anilines is 2. The fraction of sp³-hybridized carbons (Fsp3) is 0.400. The quantitative estimate of drug-likeness (QED) is 0.127. The number of thioether (sulfide) groups is 1. The Hall–Kier alpha value is -3.86. The highest BCUT2D eigenvalue weighted by Crippen LogP contribution is 2.31. The molecule has 0 spiro atoms. The third-order valence-corrected chi connectivity index (χ3v) is 9.36. The van der Waals surface area contributed by atoms with Crippen molar-refractivity contribution in [3.05, 3.63) is 95.4 Å². The Labute approximate surface area is 271 Å². The van der Waals surface area contributed by atoms with E-state index in [4.69, 9.17) is 0 Å². The summed E-state index contributed by atoms with van der Waals surface area (Å²) >= 11 is 1.78. The number of carbonyl (C=O) groups excluding carboxylic acids is 2. The van der Waals surface area contributed by atoms with Gasteiger partial charge in [0.1, 0.15) is 17.2 Å². The van der Waals surface area contributed by atoms with Gasteiger partial charge in [0.2, 0.25) is 11.6 Å². The van der Waals surface area contributed by atoms with E-state index in [2.05, 4.69) is 67.9 Å². The topological polar surface area (TPSA) is 92.8 Å². The van der Waals surface area contributed by atoms with E-state index in [1.54, 1.807) is 24.9 Å². The summed E-state index contributed by atoms with van der Waals surface area (Å²) < 4.78 is 0. The number of likely N-dealkylation sites (N-methyl/N-ethyl adjacent to an activating group) is 1. The Bertz CT molecular complexity index is 1460. The van der Waals surface area contributed by atoms with Crippen molar-refractivity contribution in [2.45, 2.75) is 29.5 Å². The Morgan fingerprint density at radius 1 is 0.889 bits per heavy atom. The molecule has 9 nitrogen and oxygen atoms in total. The lowest BCUT2D eigenvalue weighted by Crippen LogP contribution is -2.47. The number of ketones is 2. The lowest BCUT2D eigenvalue weighted by atomic mass is 9.89. The minimum Gasteiger partial charge on any atom is -0.383 e. The number of piperazine rings is 1. The van der Waals surface area contributed by atoms with Gasteiger partial charge in [-0.05, 0) is 88.9 Å². The van der Waals surface area contributed by atoms with Gasteiger partial charge in [-0.15, -0.1) is 11.8 Å². The molecule has 3 N–H and O–H groups in total. The van der Waals surface area contributed by atoms with Gasteiger partial charge in [-0.1, -0.05) is 24.3 Å². The molecule has 45 heavy (non-hydrogen) atoms. The fourth-order valence-corrected chi connectivity index (χ4v) is 6.91. The van der Waals surface area contributed by atoms with Crippen LogP contribution in [0.25, 0.3) is 0 Å². The van der Waals surface area contributed by atoms with Crippen LogP contribution in [0.5, 0.6) is 0 Å². The van der Waals surface area contributed by atoms with E-state index in [1.807, 2.05) is 48.7 Å². The predicted molar refractivity (Wildman–Crippen MR) is 184 cm³/mol. The monoisotopic (exact) mass is 627 g/mol. The lowest BCUT2D eigenvalue weighted by molar-refractivity contribution is 0.0963. The van der Waals surface area contributed by atoms with E-state index >= 15 is 0 Å². The van der Waals surface area contributed by atoms with Gasteiger partial charge in [-0.25, -0.2) is 4.98 Å². The molecule has 2 aliphatic rings. The first-order chi connectivity index (χ1) is 21.9. The molecule has 1 aliphatic carbocycles. The maximum absolute atomic E-state index is 13.6. The summed E-state index contributed by atoms with van der Waals surface area (Å²) in [6, 6.07) is 21.9. The van der Waals surface area contributed by atoms with Gasteiger partial charge in [0.05, 0.1) is 5.37 Å². The summed E-state index contributed by atoms with van der Waals surface area (Å²) in [7, 11) is 5.87. The van der Waals surface area contributed by atoms with Crippen LogP contribution in [0.3, 0.4) is 0 Å². The number of pyridine rings is 1. The van der Waals surface area contributed by atoms with Crippen molar-refractivity contribution in [2.24, 2.45) is 0 Å². The van der Waals surface area contributed by atoms with E-state index in [1.165, 1.54) is 4.90 Å². The zero-order valence-corrected chi connectivity index (χ0v) is 27.4. The molecular weight excluding hydrogens is 582 g/mol. The second-order valence-electron chi connectivity index (χ2n) is 11.7. The first-order valence-corrected chi connectivity index (χ1v) is 16.7. The Balaban J connectivity index is 1.18. The zero-order valence-electron chi connectivity index (χ0n) is 26.6. The van der Waals surface area contributed by atoms with Gasteiger partial charge in [0.15, 0.2) is 0 Å². The molecule has 2 heterocycles. The lowest BCUT2D eigenvalue weighted by Gasteiger charge is -2.35. The molecule has 3 aromatic rings. The smallest absolute Gasteiger partial charge is 0.211 e. The van der Waals surface area contributed by atoms with Crippen LogP contribution in [-0.4, -0.2) is 98.7 Å². The predicted octanol–water partition coefficient (Wildman–Crippen LogP) is 4.57. The molecule has 10 heteroatoms. The summed E-state index contributed by atoms with van der Waals surface area (Å²) in [6.07, 6.45) is 4.70. The normalized spacial score (nSPS) is 16.1. The Kier molecular flexibility index (Phi) is 11.5. The van der Waals surface area contributed by atoms with E-state index in [0.717, 1.165) is 70.0 Å². The number of rotatable bonds is 15. The summed E-state index contributed by atoms with van der Waals surface area (Å²) in [4.78, 5) is 39.9. The number of allylic oxidation sites excluding steroid dienone is 2. The van der Waals surface area contributed by atoms with Crippen LogP contribution in [0.4, 0.5) is 11.5 Å². The number of Topliss-reactive ketones (excluding diaryl/α,β-unsaturated/α-hetero) is 2. The van der Waals surface area contributed by atoms with Gasteiger partial charge in [0.25, 0.3) is 0 Å². The molecule has 1 unspecified atom stereocenters. The number of fused-ring (bicyclic) bond motifs is 1. The number of carbonyl (C=O) groups is 2. The number of aromatic nitrogens is 1. The molecule has 0 amide bonds. The van der Waals surface area contributed by atoms with Crippen LogP contribution in [0.2, 0.25) is 0 Å². The molecule has 1 fully saturated rings. The highest BCUT2D eigenvalue weighted by molar-refractivity contribution is 8.00. The molecule has 5 rings (SSSR count). The first-order valence-electron chi connectivity index (χ1n) is 15.8. The van der Waals surface area contributed by atoms with Gasteiger partial charge < -0.3 is 25.8 Å². The van der Waals surface area contributed by atoms with Crippen molar-refractivity contribution < 1.29 is 9.59 Å². The van der Waals surface area contributed by atoms with Crippen molar-refractivity contribution in [2.75, 3.05) is 77.2 Å². The van der Waals surface area contributed by atoms with Crippen LogP contribution >= 0.6 is 11.8 Å². The van der Waals surface area contributed by atoms with Crippen LogP contribution in [0.1, 0.15) is 40.0 Å². The molecule has 1 saturated heterocycles. The largest absolute Gasteiger partial charge is 0.383 e. The van der Waals surface area contributed by atoms with Crippen molar-refractivity contribution in [1.29, 1.82) is 0 Å². The minimum atomic E-state index is -0.163. The third-order valence-electron chi connectivity index (χ3n) is 8.18. The molecule has 238 valence electrons. The van der Waals surface area contributed by atoms with Crippen molar-refractivity contribution in [1.82, 2.24) is 25.4 Å². The Morgan fingerprint density at radius 3 is 2.36 bits per heavy atom. The number of hydrogen-bond acceptors (Lipinski definition) is 10. The summed E-state index contributed by atoms with van der Waals surface area (Å²) in [5.74, 6) is 0.717. The second kappa shape index (κ2) is 15.9. The van der Waals surface area contributed by atoms with Crippen molar-refractivity contribution in [3.63, 3.8) is 0 Å². The molecule has 1 atom stereocenters. The van der Waals surface area contributed by atoms with E-state index in [9.17, 15) is 9.59 Å². The van der Waals surface area contributed by atoms with Gasteiger partial charge in [-0.3, -0.25) is 14.5 Å². The number of nitrogens with one attached hydrogen (secondary N) is 3. The molecule has 0 bridgehead atoms. The average Bonchev–Trinajstić information content (AvgIpc) is 3.06. The molecule has 2 aromatic carbocycles. The zero-order chi connectivity index (χ0) is 31.6. The number of benzene rings is 2. The van der Waals surface area contributed by atoms with E-state index < -0.39 is 0 Å². The minimum absolute atomic E-state index is 0.120. The molecular formula is C35H45N7O2S. The number of hydrogen-bond donors (Lipinski definition) is 3. The first kappa shape index (κ1) is 32.5. The standard InChI is InChI=1S/C35H45N7O2S/c1-36-32-33(38-18-10-20-41-21-23-42(24-22-41)30-13-7-8-17-37-30)34(43)28-16-15-26(25-29(28)35(32)44)39-31(14-9-19-40(2)3)45-27-11-5-4-6-12-27/h4-8,11-13,15-17,25,31,36,38-39H,9-10,14,18-24H2,1-3H3. The fourth-order valence-electron chi connectivity index (χ4n) is 5.78. The van der Waals surface area contributed by atoms with Crippen LogP contribution in [0, 0.1) is 0 Å². The van der Waals surface area contributed by atoms with Crippen molar-refractivity contribution in [3.8, 4) is 0 Å². The Morgan fingerprint density at radius 2 is 1.64 bits per heavy atom. The van der Waals surface area contributed by atoms with Crippen LogP contribution < -0.4 is 20.9 Å². The van der Waals surface area contributed by atoms with Crippen molar-refractivity contribution >= 4 is 34.8 Å². The summed E-state index contributed by atoms with van der Waals surface area (Å²) in [5.41, 5.74) is 2.40. The van der Waals surface area contributed by atoms with E-state index in [-0.39, 0.29) is 16.9 Å². The summed E-state index contributed by atoms with van der Waals surface area (Å²) in [6.45, 7) is 6.38. The highest BCUT2D eigenvalue weighted by Gasteiger charge is 2.32. The maximum Gasteiger partial charge on any atom is 0.211 e. The average molecular weight is 628 g/mol. The maximum atomic E-state index is 13.6.